The van der Waals surface area contributed by atoms with Crippen LogP contribution in [0.5, 0.6) is 0 Å². The van der Waals surface area contributed by atoms with Gasteiger partial charge in [-0.2, -0.15) is 5.26 Å². The first kappa shape index (κ1) is 42.9. The van der Waals surface area contributed by atoms with E-state index in [2.05, 4.69) is 76.4 Å². The highest BCUT2D eigenvalue weighted by Gasteiger charge is 2.53. The van der Waals surface area contributed by atoms with Crippen LogP contribution in [0.1, 0.15) is 89.2 Å². The lowest BCUT2D eigenvalue weighted by atomic mass is 9.61. The summed E-state index contributed by atoms with van der Waals surface area (Å²) < 4.78 is 11.8. The summed E-state index contributed by atoms with van der Waals surface area (Å²) in [7, 11) is 1.77. The van der Waals surface area contributed by atoms with Crippen LogP contribution in [0.3, 0.4) is 0 Å². The van der Waals surface area contributed by atoms with Crippen LogP contribution in [0.4, 0.5) is 45.8 Å². The van der Waals surface area contributed by atoms with E-state index in [4.69, 9.17) is 19.3 Å². The van der Waals surface area contributed by atoms with E-state index in [0.29, 0.717) is 69.2 Å². The quantitative estimate of drug-likeness (QED) is 0.172. The predicted octanol–water partition coefficient (Wildman–Crippen LogP) is 8.80. The molecular weight excluding hydrogens is 831 g/mol. The Balaban J connectivity index is 0.845. The fourth-order valence-corrected chi connectivity index (χ4v) is 11.7. The molecule has 4 aliphatic heterocycles. The number of fused-ring (bicyclic) bond motifs is 4. The lowest BCUT2D eigenvalue weighted by molar-refractivity contribution is -0.125. The smallest absolute Gasteiger partial charge is 0.230 e. The highest BCUT2D eigenvalue weighted by atomic mass is 16.7. The molecule has 5 fully saturated rings. The number of aromatic nitrogens is 2. The maximum absolute atomic E-state index is 14.8. The molecule has 0 unspecified atom stereocenters. The van der Waals surface area contributed by atoms with Crippen LogP contribution in [0, 0.1) is 34.5 Å². The summed E-state index contributed by atoms with van der Waals surface area (Å²) in [6, 6.07) is 23.0. The van der Waals surface area contributed by atoms with Crippen LogP contribution in [-0.4, -0.2) is 79.5 Å². The number of pyridine rings is 2. The second-order valence-corrected chi connectivity index (χ2v) is 20.2. The number of carbonyl (C=O) groups excluding carboxylic acids is 2. The fraction of sp³-hybridized carbons (Fsp3) is 0.519. The van der Waals surface area contributed by atoms with Crippen molar-refractivity contribution in [1.29, 1.82) is 5.26 Å². The molecule has 2 aromatic carbocycles. The Bertz CT molecular complexity index is 2510. The zero-order chi connectivity index (χ0) is 45.1. The Morgan fingerprint density at radius 3 is 2.06 bits per heavy atom. The summed E-state index contributed by atoms with van der Waals surface area (Å²) in [6.45, 7) is 8.35. The Morgan fingerprint density at radius 1 is 0.742 bits per heavy atom. The van der Waals surface area contributed by atoms with Gasteiger partial charge >= 0.3 is 0 Å². The maximum Gasteiger partial charge on any atom is 0.230 e. The normalized spacial score (nSPS) is 24.6. The first-order valence-electron chi connectivity index (χ1n) is 24.2. The van der Waals surface area contributed by atoms with Crippen molar-refractivity contribution >= 4 is 57.6 Å². The molecule has 66 heavy (non-hydrogen) atoms. The van der Waals surface area contributed by atoms with Gasteiger partial charge in [-0.1, -0.05) is 12.1 Å². The largest absolute Gasteiger partial charge is 0.381 e. The molecular formula is C52H61N9O5. The Kier molecular flexibility index (Phi) is 11.3. The second kappa shape index (κ2) is 17.5. The van der Waals surface area contributed by atoms with Gasteiger partial charge in [-0.3, -0.25) is 14.4 Å². The van der Waals surface area contributed by atoms with E-state index in [9.17, 15) is 14.9 Å². The number of ether oxygens (including phenoxy) is 2. The summed E-state index contributed by atoms with van der Waals surface area (Å²) in [5.41, 5.74) is 7.61. The van der Waals surface area contributed by atoms with Crippen LogP contribution in [0.25, 0.3) is 0 Å². The van der Waals surface area contributed by atoms with Crippen LogP contribution >= 0.6 is 0 Å². The number of benzene rings is 2. The first-order valence-corrected chi connectivity index (χ1v) is 24.2. The molecule has 2 aromatic heterocycles. The van der Waals surface area contributed by atoms with Crippen LogP contribution in [0.2, 0.25) is 0 Å². The van der Waals surface area contributed by atoms with Crippen molar-refractivity contribution in [2.45, 2.75) is 116 Å². The molecule has 0 atom stereocenters. The van der Waals surface area contributed by atoms with Gasteiger partial charge in [0.15, 0.2) is 5.82 Å². The highest BCUT2D eigenvalue weighted by Crippen LogP contribution is 2.53. The number of nitriles is 1. The zero-order valence-corrected chi connectivity index (χ0v) is 38.4. The van der Waals surface area contributed by atoms with E-state index < -0.39 is 0 Å². The van der Waals surface area contributed by atoms with Crippen molar-refractivity contribution in [3.63, 3.8) is 0 Å². The number of hydrogen-bond donors (Lipinski definition) is 1. The fourth-order valence-electron chi connectivity index (χ4n) is 11.7. The molecule has 2 amide bonds. The third-order valence-electron chi connectivity index (χ3n) is 15.4. The van der Waals surface area contributed by atoms with Gasteiger partial charge in [0.1, 0.15) is 5.82 Å². The molecule has 0 radical (unpaired) electrons. The average molecular weight is 892 g/mol. The Labute approximate surface area is 387 Å². The van der Waals surface area contributed by atoms with Gasteiger partial charge < -0.3 is 34.4 Å². The molecule has 1 N–H and O–H groups in total. The standard InChI is InChI=1S/C52H61N9O5/c1-33(2)65-43-24-52(25-43)31-58(32-52)40-13-19-45-47(23-40)60(51(63)35-8-14-41(64-3)15-9-35)30-38-7-5-21-55-49(38)61(45)66-42-16-10-36(11-17-42)50(62)59-29-37-6-4-20-54-48(37)56-44-18-12-39(22-46(44)59)57-27-34(26-53)28-57/h4-7,12-13,18-23,33-36,41-43H,8-11,14-17,24-25,27-32H2,1-3H3,(H,54,56). The number of rotatable bonds is 9. The molecule has 0 bridgehead atoms. The van der Waals surface area contributed by atoms with Gasteiger partial charge in [0.2, 0.25) is 11.8 Å². The van der Waals surface area contributed by atoms with E-state index in [1.807, 2.05) is 39.1 Å². The van der Waals surface area contributed by atoms with Crippen LogP contribution in [-0.2, 0) is 37.0 Å². The van der Waals surface area contributed by atoms with E-state index in [1.165, 1.54) is 0 Å². The monoisotopic (exact) mass is 891 g/mol. The van der Waals surface area contributed by atoms with Gasteiger partial charge in [-0.15, -0.1) is 0 Å². The van der Waals surface area contributed by atoms with Crippen LogP contribution in [0.15, 0.2) is 73.1 Å². The Hall–Kier alpha value is -5.75. The van der Waals surface area contributed by atoms with Crippen molar-refractivity contribution in [3.05, 3.63) is 84.2 Å². The number of nitrogens with one attached hydrogen (secondary N) is 1. The lowest BCUT2D eigenvalue weighted by Crippen LogP contribution is -2.64. The van der Waals surface area contributed by atoms with Crippen molar-refractivity contribution < 1.29 is 23.9 Å². The summed E-state index contributed by atoms with van der Waals surface area (Å²) in [5.74, 6) is 1.41. The van der Waals surface area contributed by atoms with E-state index in [1.54, 1.807) is 19.5 Å². The first-order chi connectivity index (χ1) is 32.1. The summed E-state index contributed by atoms with van der Waals surface area (Å²) in [6.07, 6.45) is 12.4. The van der Waals surface area contributed by atoms with Crippen LogP contribution < -0.4 is 30.0 Å². The summed E-state index contributed by atoms with van der Waals surface area (Å²) >= 11 is 0. The van der Waals surface area contributed by atoms with Gasteiger partial charge in [0, 0.05) is 85.4 Å². The zero-order valence-electron chi connectivity index (χ0n) is 38.4. The third-order valence-corrected chi connectivity index (χ3v) is 15.4. The minimum absolute atomic E-state index is 0.0201. The minimum Gasteiger partial charge on any atom is -0.381 e. The predicted molar refractivity (Wildman–Crippen MR) is 254 cm³/mol. The van der Waals surface area contributed by atoms with Gasteiger partial charge in [-0.25, -0.2) is 15.0 Å². The van der Waals surface area contributed by atoms with E-state index >= 15 is 0 Å². The third kappa shape index (κ3) is 8.02. The number of hydrogen-bond acceptors (Lipinski definition) is 12. The van der Waals surface area contributed by atoms with Gasteiger partial charge in [0.25, 0.3) is 0 Å². The number of methoxy groups -OCH3 is 1. The van der Waals surface area contributed by atoms with Crippen molar-refractivity contribution in [3.8, 4) is 6.07 Å². The summed E-state index contributed by atoms with van der Waals surface area (Å²) in [5, 5.41) is 14.8. The number of amides is 2. The molecule has 14 nitrogen and oxygen atoms in total. The molecule has 7 aliphatic rings. The van der Waals surface area contributed by atoms with E-state index in [-0.39, 0.29) is 47.9 Å². The molecule has 344 valence electrons. The maximum atomic E-state index is 14.8. The molecule has 11 rings (SSSR count). The Morgan fingerprint density at radius 2 is 1.36 bits per heavy atom. The van der Waals surface area contributed by atoms with Crippen molar-refractivity contribution in [1.82, 2.24) is 9.97 Å². The minimum atomic E-state index is -0.194. The van der Waals surface area contributed by atoms with Gasteiger partial charge in [0.05, 0.1) is 72.2 Å². The molecule has 4 aromatic rings. The topological polar surface area (TPSA) is 140 Å². The summed E-state index contributed by atoms with van der Waals surface area (Å²) in [4.78, 5) is 54.9. The molecule has 2 saturated heterocycles. The lowest BCUT2D eigenvalue weighted by Gasteiger charge is -2.60. The number of carbonyl (C=O) groups is 2. The second-order valence-electron chi connectivity index (χ2n) is 20.2. The highest BCUT2D eigenvalue weighted by molar-refractivity contribution is 6.01. The van der Waals surface area contributed by atoms with Crippen molar-refractivity contribution in [2.75, 3.05) is 63.3 Å². The number of anilines is 8. The number of nitrogens with zero attached hydrogens (tertiary/aromatic N) is 8. The molecule has 1 spiro atoms. The van der Waals surface area contributed by atoms with E-state index in [0.717, 1.165) is 103 Å². The van der Waals surface area contributed by atoms with Gasteiger partial charge in [-0.05, 0) is 127 Å². The molecule has 3 saturated carbocycles. The average Bonchev–Trinajstić information content (AvgIpc) is 3.55. The van der Waals surface area contributed by atoms with Crippen molar-refractivity contribution in [2.24, 2.45) is 23.2 Å². The molecule has 14 heteroatoms. The molecule has 6 heterocycles. The molecule has 3 aliphatic carbocycles. The SMILES string of the molecule is COC1CCC(C(=O)N2Cc3cccnc3N(OC3CCC(C(=O)N4Cc5cccnc5Nc5ccc(N6CC(C#N)C6)cc54)CC3)c3ccc(N4CC5(CC(OC(C)C)C5)C4)cc32)CC1.